The van der Waals surface area contributed by atoms with Crippen molar-refractivity contribution in [3.8, 4) is 11.3 Å². The molecule has 0 saturated carbocycles. The van der Waals surface area contributed by atoms with Gasteiger partial charge in [0.05, 0.1) is 5.69 Å². The summed E-state index contributed by atoms with van der Waals surface area (Å²) >= 11 is 0. The summed E-state index contributed by atoms with van der Waals surface area (Å²) in [6.45, 7) is 0.311. The van der Waals surface area contributed by atoms with Gasteiger partial charge in [0.2, 0.25) is 0 Å². The molecule has 0 amide bonds. The first-order valence-electron chi connectivity index (χ1n) is 5.86. The fourth-order valence-electron chi connectivity index (χ4n) is 1.82. The van der Waals surface area contributed by atoms with Gasteiger partial charge in [-0.05, 0) is 17.5 Å². The lowest BCUT2D eigenvalue weighted by atomic mass is 10.0. The van der Waals surface area contributed by atoms with Gasteiger partial charge in [0.1, 0.15) is 0 Å². The molecule has 1 aromatic carbocycles. The quantitative estimate of drug-likeness (QED) is 0.477. The number of nitrogens with zero attached hydrogens (tertiary/aromatic N) is 5. The highest BCUT2D eigenvalue weighted by atomic mass is 16.1. The molecule has 1 aromatic heterocycles. The zero-order chi connectivity index (χ0) is 13.7. The van der Waals surface area contributed by atoms with E-state index in [-0.39, 0.29) is 5.56 Å². The second-order valence-corrected chi connectivity index (χ2v) is 4.05. The molecule has 2 aromatic rings. The third-order valence-corrected chi connectivity index (χ3v) is 2.76. The second-order valence-electron chi connectivity index (χ2n) is 4.05. The normalized spacial score (nSPS) is 9.95. The van der Waals surface area contributed by atoms with Crippen LogP contribution >= 0.6 is 0 Å². The van der Waals surface area contributed by atoms with E-state index < -0.39 is 0 Å². The van der Waals surface area contributed by atoms with E-state index in [1.807, 2.05) is 30.3 Å². The van der Waals surface area contributed by atoms with Gasteiger partial charge < -0.3 is 0 Å². The van der Waals surface area contributed by atoms with Crippen LogP contribution in [-0.2, 0) is 13.5 Å². The zero-order valence-corrected chi connectivity index (χ0v) is 10.5. The van der Waals surface area contributed by atoms with Gasteiger partial charge in [-0.2, -0.15) is 5.10 Å². The number of azide groups is 1. The Hall–Kier alpha value is -2.59. The maximum atomic E-state index is 11.7. The van der Waals surface area contributed by atoms with Gasteiger partial charge >= 0.3 is 0 Å². The Bertz CT molecular complexity index is 671. The minimum atomic E-state index is -0.171. The van der Waals surface area contributed by atoms with Crippen molar-refractivity contribution >= 4 is 0 Å². The fourth-order valence-corrected chi connectivity index (χ4v) is 1.82. The van der Waals surface area contributed by atoms with E-state index in [0.717, 1.165) is 16.8 Å². The molecule has 0 saturated heterocycles. The van der Waals surface area contributed by atoms with Gasteiger partial charge in [-0.1, -0.05) is 35.4 Å². The summed E-state index contributed by atoms with van der Waals surface area (Å²) in [7, 11) is 1.62. The molecule has 0 bridgehead atoms. The molecule has 96 valence electrons. The van der Waals surface area contributed by atoms with Gasteiger partial charge in [0.25, 0.3) is 5.56 Å². The van der Waals surface area contributed by atoms with Crippen molar-refractivity contribution in [2.24, 2.45) is 12.2 Å². The van der Waals surface area contributed by atoms with Crippen LogP contribution in [0.3, 0.4) is 0 Å². The zero-order valence-electron chi connectivity index (χ0n) is 10.5. The minimum absolute atomic E-state index is 0.171. The first-order chi connectivity index (χ1) is 9.22. The van der Waals surface area contributed by atoms with Crippen LogP contribution < -0.4 is 5.56 Å². The summed E-state index contributed by atoms with van der Waals surface area (Å²) < 4.78 is 1.30. The molecule has 19 heavy (non-hydrogen) atoms. The highest BCUT2D eigenvalue weighted by Crippen LogP contribution is 2.19. The molecule has 0 atom stereocenters. The molecule has 0 fully saturated rings. The van der Waals surface area contributed by atoms with Gasteiger partial charge in [-0.25, -0.2) is 4.68 Å². The second kappa shape index (κ2) is 5.84. The Labute approximate surface area is 109 Å². The van der Waals surface area contributed by atoms with Gasteiger partial charge in [-0.15, -0.1) is 0 Å². The Morgan fingerprint density at radius 3 is 2.79 bits per heavy atom. The molecular weight excluding hydrogens is 242 g/mol. The van der Waals surface area contributed by atoms with Crippen LogP contribution in [0.1, 0.15) is 5.56 Å². The van der Waals surface area contributed by atoms with Crippen molar-refractivity contribution in [2.45, 2.75) is 6.42 Å². The molecule has 6 nitrogen and oxygen atoms in total. The Balaban J connectivity index is 2.48. The third-order valence-electron chi connectivity index (χ3n) is 2.76. The van der Waals surface area contributed by atoms with Crippen molar-refractivity contribution < 1.29 is 0 Å². The van der Waals surface area contributed by atoms with Crippen LogP contribution in [0.15, 0.2) is 46.3 Å². The highest BCUT2D eigenvalue weighted by molar-refractivity contribution is 5.62. The van der Waals surface area contributed by atoms with Gasteiger partial charge in [-0.3, -0.25) is 4.79 Å². The largest absolute Gasteiger partial charge is 0.268 e. The maximum absolute atomic E-state index is 11.7. The number of benzene rings is 1. The molecule has 1 heterocycles. The lowest BCUT2D eigenvalue weighted by Gasteiger charge is -2.09. The molecule has 0 radical (unpaired) electrons. The van der Waals surface area contributed by atoms with E-state index in [1.165, 1.54) is 4.68 Å². The van der Waals surface area contributed by atoms with E-state index in [0.29, 0.717) is 13.0 Å². The molecule has 0 aliphatic carbocycles. The number of aryl methyl sites for hydroxylation is 1. The first kappa shape index (κ1) is 12.9. The van der Waals surface area contributed by atoms with E-state index in [9.17, 15) is 4.79 Å². The number of aromatic nitrogens is 2. The first-order valence-corrected chi connectivity index (χ1v) is 5.86. The molecule has 2 rings (SSSR count). The van der Waals surface area contributed by atoms with Gasteiger partial charge in [0, 0.05) is 30.1 Å². The van der Waals surface area contributed by atoms with Crippen LogP contribution in [0.5, 0.6) is 0 Å². The average molecular weight is 255 g/mol. The number of hydrogen-bond acceptors (Lipinski definition) is 3. The standard InChI is InChI=1S/C13H13N5O/c1-18-12(19)9-11(7-8-15-17-14)13(16-18)10-5-3-2-4-6-10/h2-6,9H,7-8H2,1H3. The molecule has 0 aliphatic heterocycles. The molecule has 0 aliphatic rings. The predicted octanol–water partition coefficient (Wildman–Crippen LogP) is 2.30. The molecule has 0 unspecified atom stereocenters. The Kier molecular flexibility index (Phi) is 3.95. The number of hydrogen-bond donors (Lipinski definition) is 0. The topological polar surface area (TPSA) is 83.7 Å². The van der Waals surface area contributed by atoms with E-state index >= 15 is 0 Å². The third kappa shape index (κ3) is 3.00. The summed E-state index contributed by atoms with van der Waals surface area (Å²) in [6, 6.07) is 11.2. The van der Waals surface area contributed by atoms with Gasteiger partial charge in [0.15, 0.2) is 0 Å². The smallest absolute Gasteiger partial charge is 0.266 e. The summed E-state index contributed by atoms with van der Waals surface area (Å²) in [5.41, 5.74) is 10.6. The molecule has 6 heteroatoms. The maximum Gasteiger partial charge on any atom is 0.266 e. The Morgan fingerprint density at radius 1 is 1.37 bits per heavy atom. The van der Waals surface area contributed by atoms with E-state index in [1.54, 1.807) is 13.1 Å². The van der Waals surface area contributed by atoms with Crippen molar-refractivity contribution in [1.82, 2.24) is 9.78 Å². The summed E-state index contributed by atoms with van der Waals surface area (Å²) in [5, 5.41) is 7.79. The molecule has 0 N–H and O–H groups in total. The average Bonchev–Trinajstić information content (AvgIpc) is 2.43. The van der Waals surface area contributed by atoms with Crippen molar-refractivity contribution in [3.63, 3.8) is 0 Å². The van der Waals surface area contributed by atoms with Crippen molar-refractivity contribution in [2.75, 3.05) is 6.54 Å². The molecule has 0 spiro atoms. The molecular formula is C13H13N5O. The minimum Gasteiger partial charge on any atom is -0.268 e. The van der Waals surface area contributed by atoms with Crippen LogP contribution in [0, 0.1) is 0 Å². The Morgan fingerprint density at radius 2 is 2.11 bits per heavy atom. The van der Waals surface area contributed by atoms with Crippen molar-refractivity contribution in [3.05, 3.63) is 62.8 Å². The van der Waals surface area contributed by atoms with Crippen LogP contribution in [0.4, 0.5) is 0 Å². The SMILES string of the molecule is Cn1nc(-c2ccccc2)c(CCN=[N+]=[N-])cc1=O. The monoisotopic (exact) mass is 255 g/mol. The van der Waals surface area contributed by atoms with E-state index in [4.69, 9.17) is 5.53 Å². The summed E-state index contributed by atoms with van der Waals surface area (Å²) in [4.78, 5) is 14.4. The van der Waals surface area contributed by atoms with Crippen LogP contribution in [0.2, 0.25) is 0 Å². The summed E-state index contributed by atoms with van der Waals surface area (Å²) in [6.07, 6.45) is 0.497. The highest BCUT2D eigenvalue weighted by Gasteiger charge is 2.09. The lowest BCUT2D eigenvalue weighted by Crippen LogP contribution is -2.21. The lowest BCUT2D eigenvalue weighted by molar-refractivity contribution is 0.703. The van der Waals surface area contributed by atoms with Crippen LogP contribution in [-0.4, -0.2) is 16.3 Å². The predicted molar refractivity (Wildman–Crippen MR) is 72.6 cm³/mol. The van der Waals surface area contributed by atoms with Crippen LogP contribution in [0.25, 0.3) is 21.7 Å². The number of rotatable bonds is 4. The fraction of sp³-hybridized carbons (Fsp3) is 0.231. The van der Waals surface area contributed by atoms with Crippen molar-refractivity contribution in [1.29, 1.82) is 0 Å². The van der Waals surface area contributed by atoms with E-state index in [2.05, 4.69) is 15.1 Å². The summed E-state index contributed by atoms with van der Waals surface area (Å²) in [5.74, 6) is 0.